The highest BCUT2D eigenvalue weighted by Crippen LogP contribution is 2.48. The Morgan fingerprint density at radius 1 is 1.53 bits per heavy atom. The van der Waals surface area contributed by atoms with Crippen LogP contribution in [0.2, 0.25) is 0 Å². The Morgan fingerprint density at radius 2 is 2.21 bits per heavy atom. The molecule has 1 aromatic heterocycles. The molecule has 1 saturated carbocycles. The molecule has 3 unspecified atom stereocenters. The van der Waals surface area contributed by atoms with Crippen LogP contribution in [0.4, 0.5) is 17.6 Å². The first-order chi connectivity index (χ1) is 8.87. The van der Waals surface area contributed by atoms with Crippen LogP contribution in [0.15, 0.2) is 6.20 Å². The third kappa shape index (κ3) is 2.28. The second-order valence-electron chi connectivity index (χ2n) is 4.17. The Hall–Kier alpha value is -1.67. The van der Waals surface area contributed by atoms with Gasteiger partial charge in [0.2, 0.25) is 0 Å². The van der Waals surface area contributed by atoms with E-state index in [1.165, 1.54) is 0 Å². The number of aromatic nitrogens is 3. The highest BCUT2D eigenvalue weighted by molar-refractivity contribution is 5.86. The average molecular weight is 281 g/mol. The molecule has 0 radical (unpaired) electrons. The Morgan fingerprint density at radius 3 is 2.79 bits per heavy atom. The smallest absolute Gasteiger partial charge is 0.360 e. The molecule has 1 aromatic rings. The molecule has 0 N–H and O–H groups in total. The summed E-state index contributed by atoms with van der Waals surface area (Å²) in [7, 11) is 0. The van der Waals surface area contributed by atoms with E-state index in [0.29, 0.717) is 0 Å². The van der Waals surface area contributed by atoms with Crippen molar-refractivity contribution in [3.8, 4) is 0 Å². The van der Waals surface area contributed by atoms with Gasteiger partial charge in [-0.05, 0) is 6.92 Å². The third-order valence-electron chi connectivity index (χ3n) is 2.93. The van der Waals surface area contributed by atoms with E-state index in [1.54, 1.807) is 6.92 Å². The van der Waals surface area contributed by atoms with Gasteiger partial charge in [-0.25, -0.2) is 22.4 Å². The maximum absolute atomic E-state index is 13.1. The van der Waals surface area contributed by atoms with Gasteiger partial charge in [0.25, 0.3) is 5.92 Å². The summed E-state index contributed by atoms with van der Waals surface area (Å²) >= 11 is 0. The van der Waals surface area contributed by atoms with Crippen molar-refractivity contribution in [3.05, 3.63) is 11.9 Å². The molecule has 19 heavy (non-hydrogen) atoms. The summed E-state index contributed by atoms with van der Waals surface area (Å²) in [6.45, 7) is 1.16. The van der Waals surface area contributed by atoms with Gasteiger partial charge in [-0.3, -0.25) is 4.68 Å². The molecule has 5 nitrogen and oxygen atoms in total. The van der Waals surface area contributed by atoms with Crippen molar-refractivity contribution in [1.82, 2.24) is 15.0 Å². The number of carbonyl (C=O) groups excluding carboxylic acids is 1. The maximum Gasteiger partial charge on any atom is 0.360 e. The van der Waals surface area contributed by atoms with Crippen molar-refractivity contribution in [1.29, 1.82) is 0 Å². The van der Waals surface area contributed by atoms with E-state index in [1.807, 2.05) is 0 Å². The molecule has 0 bridgehead atoms. The largest absolute Gasteiger partial charge is 0.461 e. The van der Waals surface area contributed by atoms with E-state index in [-0.39, 0.29) is 12.3 Å². The zero-order valence-corrected chi connectivity index (χ0v) is 9.89. The van der Waals surface area contributed by atoms with Gasteiger partial charge in [-0.15, -0.1) is 5.10 Å². The van der Waals surface area contributed by atoms with Crippen LogP contribution < -0.4 is 0 Å². The van der Waals surface area contributed by atoms with Crippen LogP contribution in [-0.2, 0) is 11.3 Å². The van der Waals surface area contributed by atoms with Crippen LogP contribution in [0.25, 0.3) is 0 Å². The molecule has 1 aliphatic carbocycles. The predicted octanol–water partition coefficient (Wildman–Crippen LogP) is 1.40. The lowest BCUT2D eigenvalue weighted by Crippen LogP contribution is -2.62. The van der Waals surface area contributed by atoms with E-state index in [4.69, 9.17) is 0 Å². The number of alkyl halides is 4. The van der Waals surface area contributed by atoms with Crippen LogP contribution in [0.5, 0.6) is 0 Å². The second kappa shape index (κ2) is 4.78. The van der Waals surface area contributed by atoms with Crippen LogP contribution in [0, 0.1) is 5.92 Å². The van der Waals surface area contributed by atoms with Gasteiger partial charge in [0.1, 0.15) is 6.17 Å². The lowest BCUT2D eigenvalue weighted by Gasteiger charge is -2.42. The summed E-state index contributed by atoms with van der Waals surface area (Å²) in [5.74, 6) is -6.29. The minimum atomic E-state index is -3.73. The third-order valence-corrected chi connectivity index (χ3v) is 2.93. The highest BCUT2D eigenvalue weighted by Gasteiger charge is 2.66. The fourth-order valence-corrected chi connectivity index (χ4v) is 1.82. The number of hydrogen-bond acceptors (Lipinski definition) is 4. The summed E-state index contributed by atoms with van der Waals surface area (Å²) in [6.07, 6.45) is -3.97. The van der Waals surface area contributed by atoms with Crippen molar-refractivity contribution in [2.45, 2.75) is 31.7 Å². The van der Waals surface area contributed by atoms with Crippen molar-refractivity contribution in [3.63, 3.8) is 0 Å². The van der Waals surface area contributed by atoms with Gasteiger partial charge in [-0.2, -0.15) is 0 Å². The predicted molar refractivity (Wildman–Crippen MR) is 54.2 cm³/mol. The number of hydrogen-bond donors (Lipinski definition) is 0. The molecule has 0 aromatic carbocycles. The summed E-state index contributed by atoms with van der Waals surface area (Å²) in [5, 5.41) is 6.83. The zero-order chi connectivity index (χ0) is 14.2. The molecule has 3 atom stereocenters. The van der Waals surface area contributed by atoms with Crippen molar-refractivity contribution < 1.29 is 27.1 Å². The molecule has 1 heterocycles. The number of carbonyl (C=O) groups is 1. The minimum Gasteiger partial charge on any atom is -0.461 e. The van der Waals surface area contributed by atoms with Crippen LogP contribution >= 0.6 is 0 Å². The Labute approximate surface area is 105 Å². The minimum absolute atomic E-state index is 0.127. The summed E-state index contributed by atoms with van der Waals surface area (Å²) < 4.78 is 57.3. The van der Waals surface area contributed by atoms with E-state index in [2.05, 4.69) is 15.0 Å². The molecular weight excluding hydrogens is 270 g/mol. The van der Waals surface area contributed by atoms with Gasteiger partial charge >= 0.3 is 5.97 Å². The lowest BCUT2D eigenvalue weighted by molar-refractivity contribution is -0.243. The molecule has 2 rings (SSSR count). The molecule has 0 aliphatic heterocycles. The molecule has 0 amide bonds. The zero-order valence-electron chi connectivity index (χ0n) is 9.89. The number of halogens is 4. The molecule has 106 valence electrons. The average Bonchev–Trinajstić information content (AvgIpc) is 2.83. The van der Waals surface area contributed by atoms with Crippen LogP contribution in [0.3, 0.4) is 0 Å². The first kappa shape index (κ1) is 13.8. The second-order valence-corrected chi connectivity index (χ2v) is 4.17. The number of nitrogens with zero attached hydrogens (tertiary/aromatic N) is 3. The van der Waals surface area contributed by atoms with Gasteiger partial charge in [-0.1, -0.05) is 5.21 Å². The first-order valence-electron chi connectivity index (χ1n) is 5.61. The normalized spacial score (nSPS) is 28.8. The molecule has 0 saturated heterocycles. The van der Waals surface area contributed by atoms with Gasteiger partial charge < -0.3 is 4.74 Å². The molecular formula is C10H11F4N3O2. The number of esters is 1. The van der Waals surface area contributed by atoms with E-state index >= 15 is 0 Å². The topological polar surface area (TPSA) is 57.0 Å². The van der Waals surface area contributed by atoms with Gasteiger partial charge in [0, 0.05) is 0 Å². The van der Waals surface area contributed by atoms with Crippen molar-refractivity contribution in [2.24, 2.45) is 5.92 Å². The van der Waals surface area contributed by atoms with Crippen molar-refractivity contribution in [2.75, 3.05) is 6.61 Å². The van der Waals surface area contributed by atoms with Crippen LogP contribution in [0.1, 0.15) is 17.4 Å². The van der Waals surface area contributed by atoms with E-state index in [9.17, 15) is 22.4 Å². The Balaban J connectivity index is 2.03. The lowest BCUT2D eigenvalue weighted by atomic mass is 9.77. The quantitative estimate of drug-likeness (QED) is 0.618. The molecule has 0 spiro atoms. The SMILES string of the molecule is CCOC(=O)c1cn(CC2C(F)C(F)C2(F)F)nn1. The molecule has 1 fully saturated rings. The Kier molecular flexibility index (Phi) is 3.46. The Bertz CT molecular complexity index is 479. The fourth-order valence-electron chi connectivity index (χ4n) is 1.82. The van der Waals surface area contributed by atoms with Gasteiger partial charge in [0.05, 0.1) is 25.3 Å². The monoisotopic (exact) mass is 281 g/mol. The maximum atomic E-state index is 13.1. The number of ether oxygens (including phenoxy) is 1. The van der Waals surface area contributed by atoms with E-state index in [0.717, 1.165) is 10.9 Å². The van der Waals surface area contributed by atoms with Gasteiger partial charge in [0.15, 0.2) is 11.9 Å². The summed E-state index contributed by atoms with van der Waals surface area (Å²) in [4.78, 5) is 11.3. The van der Waals surface area contributed by atoms with Crippen molar-refractivity contribution >= 4 is 5.97 Å². The standard InChI is InChI=1S/C10H11F4N3O2/c1-2-19-9(18)6-4-17(16-15-6)3-5-7(11)8(12)10(5,13)14/h4-5,7-8H,2-3H2,1H3. The summed E-state index contributed by atoms with van der Waals surface area (Å²) in [6, 6.07) is 0. The highest BCUT2D eigenvalue weighted by atomic mass is 19.3. The molecule has 9 heteroatoms. The first-order valence-corrected chi connectivity index (χ1v) is 5.61. The number of rotatable bonds is 4. The summed E-state index contributed by atoms with van der Waals surface area (Å²) in [5.41, 5.74) is -0.170. The van der Waals surface area contributed by atoms with Crippen LogP contribution in [-0.4, -0.2) is 45.8 Å². The molecule has 1 aliphatic rings. The van der Waals surface area contributed by atoms with E-state index < -0.39 is 36.7 Å². The fraction of sp³-hybridized carbons (Fsp3) is 0.700.